The van der Waals surface area contributed by atoms with Gasteiger partial charge in [-0.15, -0.1) is 0 Å². The van der Waals surface area contributed by atoms with Crippen molar-refractivity contribution in [3.05, 3.63) is 46.2 Å². The average Bonchev–Trinajstić information content (AvgIpc) is 2.40. The van der Waals surface area contributed by atoms with Crippen LogP contribution in [0.3, 0.4) is 0 Å². The smallest absolute Gasteiger partial charge is 0.138 e. The SMILES string of the molecule is COc1c(C)cnc(COc2ccc(N)cc2Cl)c1C. The van der Waals surface area contributed by atoms with Gasteiger partial charge in [0.15, 0.2) is 0 Å². The van der Waals surface area contributed by atoms with Crippen molar-refractivity contribution in [1.82, 2.24) is 4.98 Å². The molecule has 0 saturated heterocycles. The molecule has 5 heteroatoms. The molecule has 0 radical (unpaired) electrons. The number of rotatable bonds is 4. The van der Waals surface area contributed by atoms with Gasteiger partial charge in [-0.3, -0.25) is 4.98 Å². The molecule has 1 heterocycles. The molecular weight excluding hydrogens is 276 g/mol. The van der Waals surface area contributed by atoms with E-state index >= 15 is 0 Å². The number of benzene rings is 1. The molecule has 2 N–H and O–H groups in total. The summed E-state index contributed by atoms with van der Waals surface area (Å²) in [5.41, 5.74) is 9.04. The molecule has 0 unspecified atom stereocenters. The fraction of sp³-hybridized carbons (Fsp3) is 0.267. The summed E-state index contributed by atoms with van der Waals surface area (Å²) in [6, 6.07) is 5.16. The van der Waals surface area contributed by atoms with Crippen LogP contribution in [0.2, 0.25) is 5.02 Å². The number of nitrogens with two attached hydrogens (primary N) is 1. The lowest BCUT2D eigenvalue weighted by Gasteiger charge is -2.13. The summed E-state index contributed by atoms with van der Waals surface area (Å²) in [7, 11) is 1.65. The Morgan fingerprint density at radius 1 is 1.30 bits per heavy atom. The summed E-state index contributed by atoms with van der Waals surface area (Å²) in [4.78, 5) is 4.38. The lowest BCUT2D eigenvalue weighted by Crippen LogP contribution is -2.04. The van der Waals surface area contributed by atoms with Gasteiger partial charge in [-0.05, 0) is 32.0 Å². The first-order chi connectivity index (χ1) is 9.52. The molecule has 0 aliphatic rings. The number of hydrogen-bond donors (Lipinski definition) is 1. The number of aromatic nitrogens is 1. The Morgan fingerprint density at radius 2 is 2.05 bits per heavy atom. The van der Waals surface area contributed by atoms with Crippen molar-refractivity contribution in [2.45, 2.75) is 20.5 Å². The predicted molar refractivity (Wildman–Crippen MR) is 80.5 cm³/mol. The molecule has 0 fully saturated rings. The van der Waals surface area contributed by atoms with Gasteiger partial charge in [-0.1, -0.05) is 11.6 Å². The normalized spacial score (nSPS) is 10.4. The van der Waals surface area contributed by atoms with Crippen LogP contribution in [0.1, 0.15) is 16.8 Å². The van der Waals surface area contributed by atoms with Crippen LogP contribution < -0.4 is 15.2 Å². The number of halogens is 1. The number of hydrogen-bond acceptors (Lipinski definition) is 4. The van der Waals surface area contributed by atoms with E-state index in [0.717, 1.165) is 22.6 Å². The van der Waals surface area contributed by atoms with Crippen molar-refractivity contribution in [1.29, 1.82) is 0 Å². The van der Waals surface area contributed by atoms with Crippen LogP contribution in [0.5, 0.6) is 11.5 Å². The molecule has 0 spiro atoms. The molecular formula is C15H17ClN2O2. The molecule has 0 atom stereocenters. The van der Waals surface area contributed by atoms with Crippen molar-refractivity contribution in [2.75, 3.05) is 12.8 Å². The number of anilines is 1. The maximum Gasteiger partial charge on any atom is 0.138 e. The Kier molecular flexibility index (Phi) is 4.35. The molecule has 106 valence electrons. The molecule has 0 bridgehead atoms. The van der Waals surface area contributed by atoms with Crippen LogP contribution in [0.15, 0.2) is 24.4 Å². The van der Waals surface area contributed by atoms with E-state index in [-0.39, 0.29) is 0 Å². The minimum absolute atomic E-state index is 0.326. The fourth-order valence-electron chi connectivity index (χ4n) is 2.00. The van der Waals surface area contributed by atoms with E-state index in [1.54, 1.807) is 31.5 Å². The minimum atomic E-state index is 0.326. The van der Waals surface area contributed by atoms with Gasteiger partial charge in [-0.2, -0.15) is 0 Å². The number of pyridine rings is 1. The standard InChI is InChI=1S/C15H17ClN2O2/c1-9-7-18-13(10(2)15(9)19-3)8-20-14-5-4-11(17)6-12(14)16/h4-7H,8,17H2,1-3H3. The van der Waals surface area contributed by atoms with E-state index in [0.29, 0.717) is 23.1 Å². The topological polar surface area (TPSA) is 57.4 Å². The van der Waals surface area contributed by atoms with Crippen molar-refractivity contribution in [3.63, 3.8) is 0 Å². The second kappa shape index (κ2) is 6.01. The van der Waals surface area contributed by atoms with Crippen LogP contribution in [0.25, 0.3) is 0 Å². The summed E-state index contributed by atoms with van der Waals surface area (Å²) in [6.07, 6.45) is 1.77. The van der Waals surface area contributed by atoms with Crippen molar-refractivity contribution in [3.8, 4) is 11.5 Å². The van der Waals surface area contributed by atoms with Gasteiger partial charge in [0.1, 0.15) is 18.1 Å². The molecule has 0 amide bonds. The molecule has 0 aliphatic carbocycles. The molecule has 2 rings (SSSR count). The summed E-state index contributed by atoms with van der Waals surface area (Å²) in [5, 5.41) is 0.488. The van der Waals surface area contributed by atoms with E-state index in [1.807, 2.05) is 13.8 Å². The first-order valence-corrected chi connectivity index (χ1v) is 6.57. The third kappa shape index (κ3) is 2.96. The van der Waals surface area contributed by atoms with Crippen LogP contribution in [0, 0.1) is 13.8 Å². The van der Waals surface area contributed by atoms with Crippen molar-refractivity contribution in [2.24, 2.45) is 0 Å². The number of ether oxygens (including phenoxy) is 2. The highest BCUT2D eigenvalue weighted by atomic mass is 35.5. The highest BCUT2D eigenvalue weighted by Gasteiger charge is 2.11. The van der Waals surface area contributed by atoms with Gasteiger partial charge < -0.3 is 15.2 Å². The second-order valence-corrected chi connectivity index (χ2v) is 4.93. The van der Waals surface area contributed by atoms with Crippen molar-refractivity contribution >= 4 is 17.3 Å². The lowest BCUT2D eigenvalue weighted by molar-refractivity contribution is 0.299. The maximum atomic E-state index is 6.07. The summed E-state index contributed by atoms with van der Waals surface area (Å²) >= 11 is 6.07. The van der Waals surface area contributed by atoms with Gasteiger partial charge in [-0.25, -0.2) is 0 Å². The number of nitrogens with zero attached hydrogens (tertiary/aromatic N) is 1. The van der Waals surface area contributed by atoms with Gasteiger partial charge in [0.05, 0.1) is 17.8 Å². The zero-order chi connectivity index (χ0) is 14.7. The largest absolute Gasteiger partial charge is 0.496 e. The summed E-state index contributed by atoms with van der Waals surface area (Å²) < 4.78 is 11.1. The molecule has 0 aliphatic heterocycles. The van der Waals surface area contributed by atoms with Crippen LogP contribution >= 0.6 is 11.6 Å². The highest BCUT2D eigenvalue weighted by Crippen LogP contribution is 2.29. The molecule has 20 heavy (non-hydrogen) atoms. The van der Waals surface area contributed by atoms with Crippen LogP contribution in [-0.4, -0.2) is 12.1 Å². The third-order valence-corrected chi connectivity index (χ3v) is 3.37. The Morgan fingerprint density at radius 3 is 2.70 bits per heavy atom. The highest BCUT2D eigenvalue weighted by molar-refractivity contribution is 6.32. The average molecular weight is 293 g/mol. The quantitative estimate of drug-likeness (QED) is 0.876. The third-order valence-electron chi connectivity index (χ3n) is 3.07. The molecule has 4 nitrogen and oxygen atoms in total. The van der Waals surface area contributed by atoms with E-state index in [4.69, 9.17) is 26.8 Å². The van der Waals surface area contributed by atoms with E-state index in [9.17, 15) is 0 Å². The van der Waals surface area contributed by atoms with Crippen LogP contribution in [0.4, 0.5) is 5.69 Å². The Bertz CT molecular complexity index is 630. The summed E-state index contributed by atoms with van der Waals surface area (Å²) in [5.74, 6) is 1.42. The molecule has 1 aromatic carbocycles. The predicted octanol–water partition coefficient (Wildman–Crippen LogP) is 3.52. The second-order valence-electron chi connectivity index (χ2n) is 4.52. The number of nitrogen functional groups attached to an aromatic ring is 1. The first-order valence-electron chi connectivity index (χ1n) is 6.19. The Hall–Kier alpha value is -1.94. The van der Waals surface area contributed by atoms with E-state index in [1.165, 1.54) is 0 Å². The number of methoxy groups -OCH3 is 1. The zero-order valence-corrected chi connectivity index (χ0v) is 12.5. The van der Waals surface area contributed by atoms with E-state index in [2.05, 4.69) is 4.98 Å². The fourth-order valence-corrected chi connectivity index (χ4v) is 2.24. The van der Waals surface area contributed by atoms with Gasteiger partial charge >= 0.3 is 0 Å². The Labute approximate surface area is 123 Å². The maximum absolute atomic E-state index is 6.07. The molecule has 0 saturated carbocycles. The van der Waals surface area contributed by atoms with Gasteiger partial charge in [0.25, 0.3) is 0 Å². The van der Waals surface area contributed by atoms with Gasteiger partial charge in [0.2, 0.25) is 0 Å². The zero-order valence-electron chi connectivity index (χ0n) is 11.7. The number of aryl methyl sites for hydroxylation is 1. The van der Waals surface area contributed by atoms with Gasteiger partial charge in [0, 0.05) is 23.0 Å². The van der Waals surface area contributed by atoms with Crippen LogP contribution in [-0.2, 0) is 6.61 Å². The lowest BCUT2D eigenvalue weighted by atomic mass is 10.1. The van der Waals surface area contributed by atoms with Crippen molar-refractivity contribution < 1.29 is 9.47 Å². The minimum Gasteiger partial charge on any atom is -0.496 e. The Balaban J connectivity index is 2.19. The molecule has 2 aromatic rings. The van der Waals surface area contributed by atoms with E-state index < -0.39 is 0 Å². The first kappa shape index (κ1) is 14.5. The summed E-state index contributed by atoms with van der Waals surface area (Å²) in [6.45, 7) is 4.24. The molecule has 1 aromatic heterocycles. The monoisotopic (exact) mass is 292 g/mol.